The molecule has 1 aromatic rings. The molecule has 0 saturated heterocycles. The maximum absolute atomic E-state index is 11.9. The van der Waals surface area contributed by atoms with Crippen LogP contribution in [0.5, 0.6) is 5.75 Å². The highest BCUT2D eigenvalue weighted by Gasteiger charge is 2.34. The van der Waals surface area contributed by atoms with Gasteiger partial charge < -0.3 is 20.9 Å². The minimum atomic E-state index is -0.542. The van der Waals surface area contributed by atoms with Crippen LogP contribution in [0.15, 0.2) is 24.3 Å². The molecule has 1 aromatic carbocycles. The first-order valence-electron chi connectivity index (χ1n) is 7.44. The summed E-state index contributed by atoms with van der Waals surface area (Å²) in [5.41, 5.74) is 6.95. The van der Waals surface area contributed by atoms with Crippen molar-refractivity contribution in [1.82, 2.24) is 5.32 Å². The number of benzene rings is 1. The summed E-state index contributed by atoms with van der Waals surface area (Å²) in [5.74, 6) is 0.718. The maximum atomic E-state index is 11.9. The number of hydrogen-bond acceptors (Lipinski definition) is 4. The van der Waals surface area contributed by atoms with Crippen molar-refractivity contribution in [3.05, 3.63) is 29.8 Å². The van der Waals surface area contributed by atoms with Crippen LogP contribution in [0, 0.1) is 5.92 Å². The molecule has 1 saturated carbocycles. The van der Waals surface area contributed by atoms with Crippen molar-refractivity contribution in [3.8, 4) is 5.75 Å². The van der Waals surface area contributed by atoms with E-state index < -0.39 is 6.10 Å². The highest BCUT2D eigenvalue weighted by Crippen LogP contribution is 2.24. The quantitative estimate of drug-likeness (QED) is 0.686. The zero-order valence-corrected chi connectivity index (χ0v) is 13.6. The van der Waals surface area contributed by atoms with Gasteiger partial charge in [-0.3, -0.25) is 4.79 Å². The fourth-order valence-electron chi connectivity index (χ4n) is 2.70. The number of carbonyl (C=O) groups excluding carboxylic acids is 1. The molecule has 0 aliphatic heterocycles. The van der Waals surface area contributed by atoms with E-state index in [9.17, 15) is 9.90 Å². The minimum Gasteiger partial charge on any atom is -0.497 e. The summed E-state index contributed by atoms with van der Waals surface area (Å²) < 4.78 is 5.11. The van der Waals surface area contributed by atoms with Gasteiger partial charge in [0.05, 0.1) is 13.2 Å². The number of aliphatic hydroxyl groups excluding tert-OH is 1. The minimum absolute atomic E-state index is 0. The largest absolute Gasteiger partial charge is 0.497 e. The SMILES string of the molecule is COc1ccc(CCCNC(=O)[C@H]2C[C@H](N)[C@@H](O)C2)cc1.Cl. The number of methoxy groups -OCH3 is 1. The summed E-state index contributed by atoms with van der Waals surface area (Å²) in [7, 11) is 1.65. The summed E-state index contributed by atoms with van der Waals surface area (Å²) >= 11 is 0. The number of amides is 1. The molecule has 1 aliphatic rings. The summed E-state index contributed by atoms with van der Waals surface area (Å²) in [4.78, 5) is 11.9. The van der Waals surface area contributed by atoms with Crippen LogP contribution in [0.25, 0.3) is 0 Å². The van der Waals surface area contributed by atoms with E-state index in [0.29, 0.717) is 19.4 Å². The number of aliphatic hydroxyl groups is 1. The van der Waals surface area contributed by atoms with Gasteiger partial charge in [0.2, 0.25) is 5.91 Å². The highest BCUT2D eigenvalue weighted by molar-refractivity contribution is 5.85. The lowest BCUT2D eigenvalue weighted by Crippen LogP contribution is -2.31. The van der Waals surface area contributed by atoms with Gasteiger partial charge in [-0.1, -0.05) is 12.1 Å². The number of aryl methyl sites for hydroxylation is 1. The molecule has 22 heavy (non-hydrogen) atoms. The first-order chi connectivity index (χ1) is 10.1. The van der Waals surface area contributed by atoms with Gasteiger partial charge in [-0.05, 0) is 43.4 Å². The van der Waals surface area contributed by atoms with Gasteiger partial charge in [-0.25, -0.2) is 0 Å². The molecule has 2 rings (SSSR count). The Hall–Kier alpha value is -1.30. The van der Waals surface area contributed by atoms with Crippen molar-refractivity contribution in [2.75, 3.05) is 13.7 Å². The smallest absolute Gasteiger partial charge is 0.223 e. The van der Waals surface area contributed by atoms with Gasteiger partial charge in [-0.2, -0.15) is 0 Å². The second kappa shape index (κ2) is 8.98. The molecule has 0 radical (unpaired) electrons. The zero-order valence-electron chi connectivity index (χ0n) is 12.8. The van der Waals surface area contributed by atoms with Gasteiger partial charge in [-0.15, -0.1) is 12.4 Å². The zero-order chi connectivity index (χ0) is 15.2. The van der Waals surface area contributed by atoms with Crippen LogP contribution >= 0.6 is 12.4 Å². The summed E-state index contributed by atoms with van der Waals surface area (Å²) in [6.07, 6.45) is 2.31. The van der Waals surface area contributed by atoms with Crippen LogP contribution in [0.3, 0.4) is 0 Å². The molecule has 5 nitrogen and oxygen atoms in total. The average molecular weight is 329 g/mol. The van der Waals surface area contributed by atoms with Crippen molar-refractivity contribution in [3.63, 3.8) is 0 Å². The van der Waals surface area contributed by atoms with Crippen LogP contribution in [0.1, 0.15) is 24.8 Å². The predicted molar refractivity (Wildman–Crippen MR) is 88.3 cm³/mol. The van der Waals surface area contributed by atoms with Crippen molar-refractivity contribution in [1.29, 1.82) is 0 Å². The Kier molecular flexibility index (Phi) is 7.65. The number of halogens is 1. The van der Waals surface area contributed by atoms with E-state index in [1.54, 1.807) is 7.11 Å². The van der Waals surface area contributed by atoms with Gasteiger partial charge in [0, 0.05) is 18.5 Å². The molecule has 124 valence electrons. The number of ether oxygens (including phenoxy) is 1. The van der Waals surface area contributed by atoms with Crippen LogP contribution in [0.2, 0.25) is 0 Å². The molecule has 4 N–H and O–H groups in total. The van der Waals surface area contributed by atoms with E-state index in [2.05, 4.69) is 5.32 Å². The number of rotatable bonds is 6. The standard InChI is InChI=1S/C16H24N2O3.ClH/c1-21-13-6-4-11(5-7-13)3-2-8-18-16(20)12-9-14(17)15(19)10-12;/h4-7,12,14-15,19H,2-3,8-10,17H2,1H3,(H,18,20);1H/t12-,14-,15-;/m0./s1. The van der Waals surface area contributed by atoms with Crippen molar-refractivity contribution < 1.29 is 14.6 Å². The highest BCUT2D eigenvalue weighted by atomic mass is 35.5. The van der Waals surface area contributed by atoms with Crippen molar-refractivity contribution in [2.24, 2.45) is 11.7 Å². The number of nitrogens with two attached hydrogens (primary N) is 1. The normalized spacial score (nSPS) is 23.7. The molecule has 0 aromatic heterocycles. The van der Waals surface area contributed by atoms with E-state index in [4.69, 9.17) is 10.5 Å². The Morgan fingerprint density at radius 2 is 2.05 bits per heavy atom. The Bertz CT molecular complexity index is 457. The molecule has 0 unspecified atom stereocenters. The predicted octanol–water partition coefficient (Wildman–Crippen LogP) is 1.26. The van der Waals surface area contributed by atoms with Crippen LogP contribution in [0.4, 0.5) is 0 Å². The molecule has 6 heteroatoms. The number of nitrogens with one attached hydrogen (secondary N) is 1. The van der Waals surface area contributed by atoms with Crippen LogP contribution in [-0.2, 0) is 11.2 Å². The van der Waals surface area contributed by atoms with Gasteiger partial charge in [0.25, 0.3) is 0 Å². The Balaban J connectivity index is 0.00000242. The first kappa shape index (κ1) is 18.7. The third kappa shape index (κ3) is 5.16. The molecule has 0 spiro atoms. The monoisotopic (exact) mass is 328 g/mol. The fraction of sp³-hybridized carbons (Fsp3) is 0.562. The van der Waals surface area contributed by atoms with E-state index in [0.717, 1.165) is 18.6 Å². The van der Waals surface area contributed by atoms with Gasteiger partial charge in [0.15, 0.2) is 0 Å². The van der Waals surface area contributed by atoms with Gasteiger partial charge in [0.1, 0.15) is 5.75 Å². The van der Waals surface area contributed by atoms with E-state index in [1.165, 1.54) is 5.56 Å². The van der Waals surface area contributed by atoms with Crippen molar-refractivity contribution >= 4 is 18.3 Å². The van der Waals surface area contributed by atoms with E-state index >= 15 is 0 Å². The molecular formula is C16H25ClN2O3. The molecular weight excluding hydrogens is 304 g/mol. The summed E-state index contributed by atoms with van der Waals surface area (Å²) in [6.45, 7) is 0.646. The lowest BCUT2D eigenvalue weighted by Gasteiger charge is -2.10. The lowest BCUT2D eigenvalue weighted by molar-refractivity contribution is -0.125. The van der Waals surface area contributed by atoms with Gasteiger partial charge >= 0.3 is 0 Å². The number of carbonyl (C=O) groups is 1. The lowest BCUT2D eigenvalue weighted by atomic mass is 10.1. The second-order valence-corrected chi connectivity index (χ2v) is 5.64. The molecule has 3 atom stereocenters. The van der Waals surface area contributed by atoms with Crippen molar-refractivity contribution in [2.45, 2.75) is 37.8 Å². The molecule has 1 fully saturated rings. The summed E-state index contributed by atoms with van der Waals surface area (Å²) in [6, 6.07) is 7.69. The Morgan fingerprint density at radius 3 is 2.59 bits per heavy atom. The first-order valence-corrected chi connectivity index (χ1v) is 7.44. The third-order valence-corrected chi connectivity index (χ3v) is 4.05. The fourth-order valence-corrected chi connectivity index (χ4v) is 2.70. The van der Waals surface area contributed by atoms with E-state index in [1.807, 2.05) is 24.3 Å². The summed E-state index contributed by atoms with van der Waals surface area (Å²) in [5, 5.41) is 12.5. The molecule has 1 aliphatic carbocycles. The Labute approximate surface area is 137 Å². The topological polar surface area (TPSA) is 84.6 Å². The third-order valence-electron chi connectivity index (χ3n) is 4.05. The second-order valence-electron chi connectivity index (χ2n) is 5.64. The molecule has 0 heterocycles. The molecule has 1 amide bonds. The van der Waals surface area contributed by atoms with Crippen LogP contribution < -0.4 is 15.8 Å². The number of hydrogen-bond donors (Lipinski definition) is 3. The maximum Gasteiger partial charge on any atom is 0.223 e. The van der Waals surface area contributed by atoms with E-state index in [-0.39, 0.29) is 30.3 Å². The van der Waals surface area contributed by atoms with Crippen LogP contribution in [-0.4, -0.2) is 36.8 Å². The Morgan fingerprint density at radius 1 is 1.36 bits per heavy atom. The average Bonchev–Trinajstić information content (AvgIpc) is 2.84. The molecule has 0 bridgehead atoms.